The average Bonchev–Trinajstić information content (AvgIpc) is 2.89. The Morgan fingerprint density at radius 1 is 1.35 bits per heavy atom. The number of carbonyl (C=O) groups is 2. The Morgan fingerprint density at radius 3 is 2.70 bits per heavy atom. The highest BCUT2D eigenvalue weighted by Gasteiger charge is 2.21. The number of allylic oxidation sites excluding steroid dienone is 1. The lowest BCUT2D eigenvalue weighted by molar-refractivity contribution is -0.117. The van der Waals surface area contributed by atoms with E-state index in [4.69, 9.17) is 0 Å². The summed E-state index contributed by atoms with van der Waals surface area (Å²) in [6.45, 7) is 3.29. The highest BCUT2D eigenvalue weighted by atomic mass is 16.2. The molecular weight excluding hydrogens is 252 g/mol. The number of nitrogens with zero attached hydrogens (tertiary/aromatic N) is 1. The minimum atomic E-state index is -0.0781. The first-order valence-electron chi connectivity index (χ1n) is 7.04. The molecule has 0 aliphatic carbocycles. The Hall–Kier alpha value is -2.10. The molecule has 4 nitrogen and oxygen atoms in total. The molecule has 20 heavy (non-hydrogen) atoms. The number of hydrogen-bond donors (Lipinski definition) is 1. The van der Waals surface area contributed by atoms with Crippen molar-refractivity contribution in [2.45, 2.75) is 32.7 Å². The maximum Gasteiger partial charge on any atom is 0.243 e. The van der Waals surface area contributed by atoms with Crippen LogP contribution in [0.5, 0.6) is 0 Å². The van der Waals surface area contributed by atoms with Crippen molar-refractivity contribution in [1.82, 2.24) is 5.32 Å². The predicted octanol–water partition coefficient (Wildman–Crippen LogP) is 2.40. The van der Waals surface area contributed by atoms with Gasteiger partial charge in [0.2, 0.25) is 11.8 Å². The Balaban J connectivity index is 1.90. The summed E-state index contributed by atoms with van der Waals surface area (Å²) in [4.78, 5) is 24.9. The van der Waals surface area contributed by atoms with E-state index in [2.05, 4.69) is 5.32 Å². The maximum absolute atomic E-state index is 11.6. The van der Waals surface area contributed by atoms with E-state index >= 15 is 0 Å². The molecule has 4 heteroatoms. The second-order valence-electron chi connectivity index (χ2n) is 4.84. The third-order valence-electron chi connectivity index (χ3n) is 3.29. The summed E-state index contributed by atoms with van der Waals surface area (Å²) in [5.74, 6) is 0.112. The molecule has 1 aromatic rings. The summed E-state index contributed by atoms with van der Waals surface area (Å²) in [6, 6.07) is 7.77. The van der Waals surface area contributed by atoms with Crippen LogP contribution in [0.25, 0.3) is 0 Å². The highest BCUT2D eigenvalue weighted by Crippen LogP contribution is 2.21. The quantitative estimate of drug-likeness (QED) is 0.837. The molecular formula is C16H20N2O2. The summed E-state index contributed by atoms with van der Waals surface area (Å²) in [5.41, 5.74) is 1.96. The summed E-state index contributed by atoms with van der Waals surface area (Å²) in [6.07, 6.45) is 5.81. The van der Waals surface area contributed by atoms with Crippen LogP contribution in [0.1, 0.15) is 31.7 Å². The molecule has 1 heterocycles. The number of carbonyl (C=O) groups excluding carboxylic acids is 2. The Kier molecular flexibility index (Phi) is 4.93. The summed E-state index contributed by atoms with van der Waals surface area (Å²) < 4.78 is 0. The number of nitrogens with one attached hydrogen (secondary N) is 1. The highest BCUT2D eigenvalue weighted by molar-refractivity contribution is 5.95. The smallest absolute Gasteiger partial charge is 0.243 e. The monoisotopic (exact) mass is 272 g/mol. The van der Waals surface area contributed by atoms with Crippen LogP contribution in [0.3, 0.4) is 0 Å². The van der Waals surface area contributed by atoms with Gasteiger partial charge in [0.1, 0.15) is 0 Å². The fourth-order valence-corrected chi connectivity index (χ4v) is 2.19. The summed E-state index contributed by atoms with van der Waals surface area (Å²) in [7, 11) is 0. The third-order valence-corrected chi connectivity index (χ3v) is 3.29. The minimum Gasteiger partial charge on any atom is -0.348 e. The van der Waals surface area contributed by atoms with E-state index in [-0.39, 0.29) is 11.8 Å². The van der Waals surface area contributed by atoms with E-state index in [1.807, 2.05) is 42.2 Å². The van der Waals surface area contributed by atoms with Gasteiger partial charge in [-0.25, -0.2) is 0 Å². The normalized spacial score (nSPS) is 15.1. The third kappa shape index (κ3) is 3.70. The van der Waals surface area contributed by atoms with Crippen LogP contribution in [0.2, 0.25) is 0 Å². The first kappa shape index (κ1) is 14.3. The molecule has 1 N–H and O–H groups in total. The number of amides is 2. The molecule has 2 rings (SSSR count). The van der Waals surface area contributed by atoms with E-state index in [0.717, 1.165) is 30.6 Å². The molecule has 1 aliphatic heterocycles. The zero-order chi connectivity index (χ0) is 14.4. The van der Waals surface area contributed by atoms with Gasteiger partial charge in [-0.3, -0.25) is 9.59 Å². The molecule has 1 saturated heterocycles. The van der Waals surface area contributed by atoms with Crippen LogP contribution in [0, 0.1) is 0 Å². The van der Waals surface area contributed by atoms with Gasteiger partial charge in [-0.05, 0) is 36.6 Å². The van der Waals surface area contributed by atoms with Gasteiger partial charge in [-0.15, -0.1) is 0 Å². The molecule has 0 unspecified atom stereocenters. The molecule has 0 saturated carbocycles. The van der Waals surface area contributed by atoms with E-state index in [0.29, 0.717) is 13.0 Å². The van der Waals surface area contributed by atoms with Gasteiger partial charge in [0.05, 0.1) is 0 Å². The SMILES string of the molecule is CC/C=C\C(=O)NCc1ccc(N2CCCC2=O)cc1. The largest absolute Gasteiger partial charge is 0.348 e. The van der Waals surface area contributed by atoms with Crippen LogP contribution in [0.4, 0.5) is 5.69 Å². The number of rotatable bonds is 5. The Morgan fingerprint density at radius 2 is 2.10 bits per heavy atom. The average molecular weight is 272 g/mol. The molecule has 2 amide bonds. The molecule has 0 spiro atoms. The predicted molar refractivity (Wildman–Crippen MR) is 79.3 cm³/mol. The number of benzene rings is 1. The van der Waals surface area contributed by atoms with Gasteiger partial charge < -0.3 is 10.2 Å². The maximum atomic E-state index is 11.6. The van der Waals surface area contributed by atoms with Crippen molar-refractivity contribution in [1.29, 1.82) is 0 Å². The molecule has 0 atom stereocenters. The van der Waals surface area contributed by atoms with Gasteiger partial charge in [0, 0.05) is 25.2 Å². The lowest BCUT2D eigenvalue weighted by atomic mass is 10.2. The van der Waals surface area contributed by atoms with Crippen LogP contribution in [-0.2, 0) is 16.1 Å². The van der Waals surface area contributed by atoms with E-state index < -0.39 is 0 Å². The van der Waals surface area contributed by atoms with Crippen molar-refractivity contribution in [2.75, 3.05) is 11.4 Å². The Labute approximate surface area is 119 Å². The lowest BCUT2D eigenvalue weighted by Crippen LogP contribution is -2.23. The van der Waals surface area contributed by atoms with Crippen LogP contribution >= 0.6 is 0 Å². The summed E-state index contributed by atoms with van der Waals surface area (Å²) >= 11 is 0. The molecule has 1 aromatic carbocycles. The van der Waals surface area contributed by atoms with Gasteiger partial charge in [-0.2, -0.15) is 0 Å². The van der Waals surface area contributed by atoms with Gasteiger partial charge >= 0.3 is 0 Å². The zero-order valence-corrected chi connectivity index (χ0v) is 11.8. The molecule has 106 valence electrons. The number of hydrogen-bond acceptors (Lipinski definition) is 2. The molecule has 0 radical (unpaired) electrons. The van der Waals surface area contributed by atoms with Gasteiger partial charge in [0.25, 0.3) is 0 Å². The van der Waals surface area contributed by atoms with E-state index in [9.17, 15) is 9.59 Å². The van der Waals surface area contributed by atoms with E-state index in [1.54, 1.807) is 6.08 Å². The lowest BCUT2D eigenvalue weighted by Gasteiger charge is -2.15. The Bertz CT molecular complexity index is 506. The van der Waals surface area contributed by atoms with E-state index in [1.165, 1.54) is 0 Å². The van der Waals surface area contributed by atoms with Crippen molar-refractivity contribution in [2.24, 2.45) is 0 Å². The first-order chi connectivity index (χ1) is 9.70. The second kappa shape index (κ2) is 6.89. The second-order valence-corrected chi connectivity index (χ2v) is 4.84. The van der Waals surface area contributed by atoms with Crippen molar-refractivity contribution < 1.29 is 9.59 Å². The van der Waals surface area contributed by atoms with Gasteiger partial charge in [-0.1, -0.05) is 25.1 Å². The molecule has 1 fully saturated rings. The first-order valence-corrected chi connectivity index (χ1v) is 7.04. The standard InChI is InChI=1S/C16H20N2O2/c1-2-3-5-15(19)17-12-13-7-9-14(10-8-13)18-11-4-6-16(18)20/h3,5,7-10H,2,4,6,11-12H2,1H3,(H,17,19)/b5-3-. The number of anilines is 1. The molecule has 0 bridgehead atoms. The summed E-state index contributed by atoms with van der Waals surface area (Å²) in [5, 5.41) is 2.83. The minimum absolute atomic E-state index is 0.0781. The topological polar surface area (TPSA) is 49.4 Å². The molecule has 1 aliphatic rings. The van der Waals surface area contributed by atoms with Crippen molar-refractivity contribution in [3.05, 3.63) is 42.0 Å². The van der Waals surface area contributed by atoms with Crippen molar-refractivity contribution in [3.8, 4) is 0 Å². The zero-order valence-electron chi connectivity index (χ0n) is 11.8. The fraction of sp³-hybridized carbons (Fsp3) is 0.375. The molecule has 0 aromatic heterocycles. The van der Waals surface area contributed by atoms with Gasteiger partial charge in [0.15, 0.2) is 0 Å². The van der Waals surface area contributed by atoms with Crippen LogP contribution in [-0.4, -0.2) is 18.4 Å². The van der Waals surface area contributed by atoms with Crippen LogP contribution in [0.15, 0.2) is 36.4 Å². The van der Waals surface area contributed by atoms with Crippen molar-refractivity contribution >= 4 is 17.5 Å². The van der Waals surface area contributed by atoms with Crippen LogP contribution < -0.4 is 10.2 Å². The fourth-order valence-electron chi connectivity index (χ4n) is 2.19. The van der Waals surface area contributed by atoms with Crippen molar-refractivity contribution in [3.63, 3.8) is 0 Å².